The lowest BCUT2D eigenvalue weighted by atomic mass is 10.3. The van der Waals surface area contributed by atoms with Gasteiger partial charge in [-0.1, -0.05) is 11.6 Å². The SMILES string of the molecule is N=C(N)c1ccnc(Oc2cc(Cl)ccc2[N+](=O)[O-])n1. The molecule has 2 rings (SSSR count). The van der Waals surface area contributed by atoms with E-state index in [4.69, 9.17) is 27.5 Å². The highest BCUT2D eigenvalue weighted by atomic mass is 35.5. The van der Waals surface area contributed by atoms with Crippen LogP contribution in [0.1, 0.15) is 5.69 Å². The zero-order chi connectivity index (χ0) is 14.7. The van der Waals surface area contributed by atoms with Gasteiger partial charge < -0.3 is 10.5 Å². The number of amidine groups is 1. The van der Waals surface area contributed by atoms with Crippen LogP contribution >= 0.6 is 11.6 Å². The molecule has 1 aromatic heterocycles. The fourth-order valence-electron chi connectivity index (χ4n) is 1.36. The highest BCUT2D eigenvalue weighted by molar-refractivity contribution is 6.30. The van der Waals surface area contributed by atoms with E-state index in [9.17, 15) is 10.1 Å². The number of nitrogens with one attached hydrogen (secondary N) is 1. The van der Waals surface area contributed by atoms with E-state index in [0.29, 0.717) is 0 Å². The predicted molar refractivity (Wildman–Crippen MR) is 71.2 cm³/mol. The number of nitrogens with zero attached hydrogens (tertiary/aromatic N) is 3. The van der Waals surface area contributed by atoms with Crippen LogP contribution in [0.3, 0.4) is 0 Å². The van der Waals surface area contributed by atoms with Crippen molar-refractivity contribution in [3.8, 4) is 11.8 Å². The van der Waals surface area contributed by atoms with Crippen LogP contribution in [0, 0.1) is 15.5 Å². The Morgan fingerprint density at radius 2 is 2.20 bits per heavy atom. The topological polar surface area (TPSA) is 128 Å². The Bertz CT molecular complexity index is 692. The lowest BCUT2D eigenvalue weighted by Crippen LogP contribution is -2.13. The molecule has 102 valence electrons. The zero-order valence-electron chi connectivity index (χ0n) is 9.91. The molecule has 8 nitrogen and oxygen atoms in total. The molecule has 0 saturated carbocycles. The maximum atomic E-state index is 10.9. The van der Waals surface area contributed by atoms with Crippen molar-refractivity contribution in [3.05, 3.63) is 51.3 Å². The van der Waals surface area contributed by atoms with Crippen molar-refractivity contribution >= 4 is 23.1 Å². The second-order valence-electron chi connectivity index (χ2n) is 3.61. The van der Waals surface area contributed by atoms with E-state index in [0.717, 1.165) is 0 Å². The van der Waals surface area contributed by atoms with E-state index >= 15 is 0 Å². The average Bonchev–Trinajstić information content (AvgIpc) is 2.38. The fourth-order valence-corrected chi connectivity index (χ4v) is 1.52. The van der Waals surface area contributed by atoms with Crippen molar-refractivity contribution in [2.24, 2.45) is 5.73 Å². The first-order valence-electron chi connectivity index (χ1n) is 5.26. The van der Waals surface area contributed by atoms with Crippen LogP contribution in [0.2, 0.25) is 5.02 Å². The zero-order valence-corrected chi connectivity index (χ0v) is 10.7. The normalized spacial score (nSPS) is 10.1. The highest BCUT2D eigenvalue weighted by Crippen LogP contribution is 2.32. The summed E-state index contributed by atoms with van der Waals surface area (Å²) in [7, 11) is 0. The standard InChI is InChI=1S/C11H8ClN5O3/c12-6-1-2-8(17(18)19)9(5-6)20-11-15-4-3-7(16-11)10(13)14/h1-5H,(H3,13,14). The molecule has 0 atom stereocenters. The molecule has 0 unspecified atom stereocenters. The summed E-state index contributed by atoms with van der Waals surface area (Å²) in [5, 5.41) is 18.4. The van der Waals surface area contributed by atoms with E-state index in [1.54, 1.807) is 0 Å². The number of nitro groups is 1. The average molecular weight is 294 g/mol. The molecule has 1 heterocycles. The number of nitro benzene ring substituents is 1. The van der Waals surface area contributed by atoms with Crippen molar-refractivity contribution in [2.45, 2.75) is 0 Å². The van der Waals surface area contributed by atoms with E-state index in [1.807, 2.05) is 0 Å². The van der Waals surface area contributed by atoms with Crippen LogP contribution in [0.25, 0.3) is 0 Å². The Kier molecular flexibility index (Phi) is 3.76. The summed E-state index contributed by atoms with van der Waals surface area (Å²) in [5.74, 6) is -0.360. The van der Waals surface area contributed by atoms with Gasteiger partial charge in [0.1, 0.15) is 11.5 Å². The Labute approximate surface area is 117 Å². The van der Waals surface area contributed by atoms with E-state index in [1.165, 1.54) is 30.5 Å². The van der Waals surface area contributed by atoms with Gasteiger partial charge in [0.25, 0.3) is 0 Å². The summed E-state index contributed by atoms with van der Waals surface area (Å²) < 4.78 is 5.24. The molecule has 0 saturated heterocycles. The number of nitrogen functional groups attached to an aromatic ring is 1. The predicted octanol–water partition coefficient (Wildman–Crippen LogP) is 2.11. The van der Waals surface area contributed by atoms with Gasteiger partial charge in [-0.3, -0.25) is 15.5 Å². The number of rotatable bonds is 4. The molecule has 0 fully saturated rings. The first-order chi connectivity index (χ1) is 9.47. The number of hydrogen-bond acceptors (Lipinski definition) is 6. The fraction of sp³-hybridized carbons (Fsp3) is 0. The Balaban J connectivity index is 2.39. The van der Waals surface area contributed by atoms with Gasteiger partial charge in [-0.15, -0.1) is 0 Å². The molecule has 0 aliphatic heterocycles. The molecule has 2 aromatic rings. The van der Waals surface area contributed by atoms with Crippen LogP contribution in [0.4, 0.5) is 5.69 Å². The number of aromatic nitrogens is 2. The minimum absolute atomic E-state index is 0.0943. The van der Waals surface area contributed by atoms with Crippen LogP contribution in [0.5, 0.6) is 11.8 Å². The number of ether oxygens (including phenoxy) is 1. The van der Waals surface area contributed by atoms with Gasteiger partial charge in [0, 0.05) is 23.4 Å². The highest BCUT2D eigenvalue weighted by Gasteiger charge is 2.17. The van der Waals surface area contributed by atoms with Gasteiger partial charge in [-0.05, 0) is 12.1 Å². The largest absolute Gasteiger partial charge is 0.417 e. The summed E-state index contributed by atoms with van der Waals surface area (Å²) in [4.78, 5) is 17.9. The maximum absolute atomic E-state index is 10.9. The third-order valence-corrected chi connectivity index (χ3v) is 2.46. The minimum atomic E-state index is -0.611. The van der Waals surface area contributed by atoms with Gasteiger partial charge in [0.15, 0.2) is 0 Å². The summed E-state index contributed by atoms with van der Waals surface area (Å²) in [6.45, 7) is 0. The lowest BCUT2D eigenvalue weighted by Gasteiger charge is -2.05. The Morgan fingerprint density at radius 3 is 2.85 bits per heavy atom. The number of benzene rings is 1. The van der Waals surface area contributed by atoms with Crippen molar-refractivity contribution in [1.29, 1.82) is 5.41 Å². The second kappa shape index (κ2) is 5.49. The molecule has 0 radical (unpaired) electrons. The molecule has 0 bridgehead atoms. The Morgan fingerprint density at radius 1 is 1.45 bits per heavy atom. The van der Waals surface area contributed by atoms with Crippen molar-refractivity contribution in [1.82, 2.24) is 9.97 Å². The monoisotopic (exact) mass is 293 g/mol. The number of halogens is 1. The molecule has 9 heteroatoms. The first-order valence-corrected chi connectivity index (χ1v) is 5.64. The number of hydrogen-bond donors (Lipinski definition) is 2. The quantitative estimate of drug-likeness (QED) is 0.384. The molecule has 20 heavy (non-hydrogen) atoms. The summed E-state index contributed by atoms with van der Waals surface area (Å²) in [5.41, 5.74) is 5.17. The molecular formula is C11H8ClN5O3. The molecular weight excluding hydrogens is 286 g/mol. The third kappa shape index (κ3) is 2.98. The van der Waals surface area contributed by atoms with Gasteiger partial charge in [0.2, 0.25) is 5.75 Å². The molecule has 0 aliphatic carbocycles. The lowest BCUT2D eigenvalue weighted by molar-refractivity contribution is -0.385. The van der Waals surface area contributed by atoms with Gasteiger partial charge in [0.05, 0.1) is 4.92 Å². The minimum Gasteiger partial charge on any atom is -0.417 e. The van der Waals surface area contributed by atoms with E-state index < -0.39 is 4.92 Å². The smallest absolute Gasteiger partial charge is 0.322 e. The van der Waals surface area contributed by atoms with Crippen LogP contribution in [0.15, 0.2) is 30.5 Å². The molecule has 1 aromatic carbocycles. The van der Waals surface area contributed by atoms with Crippen molar-refractivity contribution in [3.63, 3.8) is 0 Å². The van der Waals surface area contributed by atoms with Crippen molar-refractivity contribution < 1.29 is 9.66 Å². The summed E-state index contributed by atoms with van der Waals surface area (Å²) in [6.07, 6.45) is 1.33. The molecule has 0 aliphatic rings. The van der Waals surface area contributed by atoms with Crippen LogP contribution in [-0.2, 0) is 0 Å². The maximum Gasteiger partial charge on any atom is 0.322 e. The van der Waals surface area contributed by atoms with Crippen LogP contribution < -0.4 is 10.5 Å². The molecule has 0 amide bonds. The Hall–Kier alpha value is -2.74. The van der Waals surface area contributed by atoms with E-state index in [-0.39, 0.29) is 34.0 Å². The first kappa shape index (κ1) is 13.7. The van der Waals surface area contributed by atoms with Gasteiger partial charge in [-0.2, -0.15) is 4.98 Å². The third-order valence-electron chi connectivity index (χ3n) is 2.23. The molecule has 0 spiro atoms. The molecule has 3 N–H and O–H groups in total. The summed E-state index contributed by atoms with van der Waals surface area (Å²) in [6, 6.07) is 5.12. The van der Waals surface area contributed by atoms with E-state index in [2.05, 4.69) is 9.97 Å². The second-order valence-corrected chi connectivity index (χ2v) is 4.05. The van der Waals surface area contributed by atoms with Gasteiger partial charge >= 0.3 is 11.7 Å². The summed E-state index contributed by atoms with van der Waals surface area (Å²) >= 11 is 5.77. The number of nitrogens with two attached hydrogens (primary N) is 1. The van der Waals surface area contributed by atoms with Crippen LogP contribution in [-0.4, -0.2) is 20.7 Å². The van der Waals surface area contributed by atoms with Crippen molar-refractivity contribution in [2.75, 3.05) is 0 Å². The van der Waals surface area contributed by atoms with Gasteiger partial charge in [-0.25, -0.2) is 4.98 Å².